The number of nitrogens with one attached hydrogen (secondary N) is 1. The minimum Gasteiger partial charge on any atom is -0.478 e. The van der Waals surface area contributed by atoms with E-state index >= 15 is 0 Å². The quantitative estimate of drug-likeness (QED) is 0.682. The molecule has 28 heavy (non-hydrogen) atoms. The fourth-order valence-corrected chi connectivity index (χ4v) is 2.85. The molecule has 3 N–H and O–H groups in total. The Morgan fingerprint density at radius 3 is 2.36 bits per heavy atom. The maximum absolute atomic E-state index is 13.0. The molecule has 1 unspecified atom stereocenters. The number of carboxylic acid groups (broad SMARTS) is 2. The van der Waals surface area contributed by atoms with Crippen molar-refractivity contribution in [1.29, 1.82) is 0 Å². The lowest BCUT2D eigenvalue weighted by molar-refractivity contribution is -0.136. The van der Waals surface area contributed by atoms with Gasteiger partial charge in [-0.25, -0.2) is 9.59 Å². The summed E-state index contributed by atoms with van der Waals surface area (Å²) in [6.45, 7) is 3.59. The predicted molar refractivity (Wildman–Crippen MR) is 95.6 cm³/mol. The highest BCUT2D eigenvalue weighted by Gasteiger charge is 2.34. The van der Waals surface area contributed by atoms with Crippen LogP contribution in [-0.4, -0.2) is 35.2 Å². The second-order valence-corrected chi connectivity index (χ2v) is 6.05. The number of rotatable bonds is 3. The van der Waals surface area contributed by atoms with Crippen molar-refractivity contribution in [3.8, 4) is 0 Å². The normalized spacial score (nSPS) is 17.1. The van der Waals surface area contributed by atoms with E-state index in [9.17, 15) is 22.8 Å². The first-order chi connectivity index (χ1) is 13.1. The molecule has 0 fully saturated rings. The van der Waals surface area contributed by atoms with Crippen molar-refractivity contribution in [1.82, 2.24) is 5.32 Å². The molecular weight excluding hydrogens is 379 g/mol. The number of halogens is 3. The summed E-state index contributed by atoms with van der Waals surface area (Å²) >= 11 is 0. The number of benzene rings is 1. The number of aliphatic carboxylic acids is 2. The Labute approximate surface area is 158 Å². The van der Waals surface area contributed by atoms with Gasteiger partial charge >= 0.3 is 18.1 Å². The molecule has 0 bridgehead atoms. The highest BCUT2D eigenvalue weighted by atomic mass is 19.4. The van der Waals surface area contributed by atoms with Crippen molar-refractivity contribution < 1.29 is 37.4 Å². The molecule has 0 radical (unpaired) electrons. The Hall–Kier alpha value is -3.07. The van der Waals surface area contributed by atoms with Gasteiger partial charge in [-0.1, -0.05) is 19.1 Å². The highest BCUT2D eigenvalue weighted by Crippen LogP contribution is 2.39. The van der Waals surface area contributed by atoms with Crippen LogP contribution in [0.5, 0.6) is 0 Å². The van der Waals surface area contributed by atoms with E-state index in [-0.39, 0.29) is 11.3 Å². The van der Waals surface area contributed by atoms with E-state index in [0.717, 1.165) is 30.3 Å². The van der Waals surface area contributed by atoms with Crippen molar-refractivity contribution in [3.05, 3.63) is 53.8 Å². The summed E-state index contributed by atoms with van der Waals surface area (Å²) in [4.78, 5) is 19.1. The topological polar surface area (TPSA) is 99.8 Å². The number of hydrogen-bond acceptors (Lipinski definition) is 4. The molecule has 0 amide bonds. The molecule has 1 aromatic heterocycles. The van der Waals surface area contributed by atoms with Gasteiger partial charge in [-0.05, 0) is 23.6 Å². The molecule has 1 aliphatic rings. The van der Waals surface area contributed by atoms with Gasteiger partial charge in [0.25, 0.3) is 0 Å². The van der Waals surface area contributed by atoms with Crippen molar-refractivity contribution in [2.24, 2.45) is 5.92 Å². The monoisotopic (exact) mass is 397 g/mol. The van der Waals surface area contributed by atoms with E-state index < -0.39 is 23.7 Å². The minimum atomic E-state index is -4.37. The average Bonchev–Trinajstić information content (AvgIpc) is 3.09. The number of hydrogen-bond donors (Lipinski definition) is 3. The van der Waals surface area contributed by atoms with Crippen LogP contribution in [-0.2, 0) is 15.8 Å². The zero-order valence-electron chi connectivity index (χ0n) is 14.8. The van der Waals surface area contributed by atoms with Crippen LogP contribution in [0.2, 0.25) is 0 Å². The van der Waals surface area contributed by atoms with E-state index in [1.165, 1.54) is 18.4 Å². The van der Waals surface area contributed by atoms with Crippen molar-refractivity contribution in [2.45, 2.75) is 13.1 Å². The van der Waals surface area contributed by atoms with Crippen LogP contribution in [0.1, 0.15) is 18.1 Å². The van der Waals surface area contributed by atoms with Crippen LogP contribution in [0.15, 0.2) is 47.1 Å². The second-order valence-electron chi connectivity index (χ2n) is 6.05. The Kier molecular flexibility index (Phi) is 6.63. The van der Waals surface area contributed by atoms with Crippen LogP contribution in [0.25, 0.3) is 16.5 Å². The summed E-state index contributed by atoms with van der Waals surface area (Å²) < 4.78 is 44.3. The van der Waals surface area contributed by atoms with Gasteiger partial charge in [0.05, 0.1) is 11.8 Å². The molecule has 0 saturated carbocycles. The van der Waals surface area contributed by atoms with Gasteiger partial charge in [-0.15, -0.1) is 0 Å². The molecule has 6 nitrogen and oxygen atoms in total. The Bertz CT molecular complexity index is 911. The fraction of sp³-hybridized carbons (Fsp3) is 0.263. The zero-order chi connectivity index (χ0) is 20.9. The zero-order valence-corrected chi connectivity index (χ0v) is 14.8. The van der Waals surface area contributed by atoms with Gasteiger partial charge in [-0.3, -0.25) is 0 Å². The van der Waals surface area contributed by atoms with E-state index in [1.54, 1.807) is 0 Å². The minimum absolute atomic E-state index is 0.127. The summed E-state index contributed by atoms with van der Waals surface area (Å²) in [7, 11) is 0. The molecule has 9 heteroatoms. The van der Waals surface area contributed by atoms with Gasteiger partial charge in [-0.2, -0.15) is 13.2 Å². The molecule has 0 saturated heterocycles. The third-order valence-corrected chi connectivity index (χ3v) is 4.05. The van der Waals surface area contributed by atoms with E-state index in [1.807, 2.05) is 13.0 Å². The maximum atomic E-state index is 13.0. The van der Waals surface area contributed by atoms with Gasteiger partial charge in [0.2, 0.25) is 0 Å². The van der Waals surface area contributed by atoms with Crippen LogP contribution >= 0.6 is 0 Å². The molecule has 1 atom stereocenters. The number of carbonyl (C=O) groups is 2. The maximum Gasteiger partial charge on any atom is 0.417 e. The summed E-state index contributed by atoms with van der Waals surface area (Å²) in [5.74, 6) is -2.27. The van der Waals surface area contributed by atoms with Crippen molar-refractivity contribution in [3.63, 3.8) is 0 Å². The second kappa shape index (κ2) is 8.75. The molecule has 0 aliphatic carbocycles. The van der Waals surface area contributed by atoms with Crippen LogP contribution in [0.3, 0.4) is 0 Å². The third-order valence-electron chi connectivity index (χ3n) is 4.05. The predicted octanol–water partition coefficient (Wildman–Crippen LogP) is 3.79. The van der Waals surface area contributed by atoms with Gasteiger partial charge < -0.3 is 19.9 Å². The number of alkyl halides is 3. The average molecular weight is 397 g/mol. The van der Waals surface area contributed by atoms with E-state index in [4.69, 9.17) is 14.6 Å². The lowest BCUT2D eigenvalue weighted by atomic mass is 9.89. The van der Waals surface area contributed by atoms with Gasteiger partial charge in [0, 0.05) is 36.2 Å². The summed E-state index contributed by atoms with van der Waals surface area (Å²) in [5.41, 5.74) is 1.47. The standard InChI is InChI=1S/C15H14F3NO.C4H4O4/c1-9-8-19-6-4-10(9)11-2-3-13(15(16,17)18)12-5-7-20-14(11)12;5-3(6)1-2-4(7)8/h2-5,7,9,19H,6,8H2,1H3;1-2H,(H,5,6)(H,7,8). The summed E-state index contributed by atoms with van der Waals surface area (Å²) in [5, 5.41) is 19.0. The Morgan fingerprint density at radius 2 is 1.82 bits per heavy atom. The molecule has 150 valence electrons. The van der Waals surface area contributed by atoms with Crippen LogP contribution in [0, 0.1) is 5.92 Å². The van der Waals surface area contributed by atoms with E-state index in [2.05, 4.69) is 5.32 Å². The van der Waals surface area contributed by atoms with Crippen LogP contribution in [0.4, 0.5) is 13.2 Å². The first kappa shape index (κ1) is 21.2. The molecule has 1 aromatic carbocycles. The molecule has 1 aliphatic heterocycles. The molecular formula is C19H18F3NO5. The number of carboxylic acids is 2. The van der Waals surface area contributed by atoms with Crippen molar-refractivity contribution >= 4 is 28.5 Å². The first-order valence-electron chi connectivity index (χ1n) is 8.23. The first-order valence-corrected chi connectivity index (χ1v) is 8.23. The smallest absolute Gasteiger partial charge is 0.417 e. The number of furan rings is 1. The van der Waals surface area contributed by atoms with E-state index in [0.29, 0.717) is 17.7 Å². The largest absolute Gasteiger partial charge is 0.478 e. The highest BCUT2D eigenvalue weighted by molar-refractivity contribution is 5.93. The van der Waals surface area contributed by atoms with Gasteiger partial charge in [0.1, 0.15) is 5.58 Å². The third kappa shape index (κ3) is 5.23. The lowest BCUT2D eigenvalue weighted by Crippen LogP contribution is -2.27. The molecule has 2 heterocycles. The summed E-state index contributed by atoms with van der Waals surface area (Å²) in [6, 6.07) is 4.04. The number of fused-ring (bicyclic) bond motifs is 1. The summed E-state index contributed by atoms with van der Waals surface area (Å²) in [6.07, 6.45) is 0.0773. The Balaban J connectivity index is 0.000000300. The fourth-order valence-electron chi connectivity index (χ4n) is 2.85. The molecule has 0 spiro atoms. The lowest BCUT2D eigenvalue weighted by Gasteiger charge is -2.22. The molecule has 2 aromatic rings. The Morgan fingerprint density at radius 1 is 1.18 bits per heavy atom. The van der Waals surface area contributed by atoms with Gasteiger partial charge in [0.15, 0.2) is 0 Å². The van der Waals surface area contributed by atoms with Crippen LogP contribution < -0.4 is 5.32 Å². The van der Waals surface area contributed by atoms with Crippen molar-refractivity contribution in [2.75, 3.05) is 13.1 Å². The molecule has 3 rings (SSSR count). The SMILES string of the molecule is CC1CNCC=C1c1ccc(C(F)(F)F)c2ccoc12.O=C(O)C=CC(=O)O.